The highest BCUT2D eigenvalue weighted by Gasteiger charge is 2.20. The SMILES string of the molecule is CCN(CCc1ccncc1)C(=O)CC1CCOCC1. The molecule has 1 fully saturated rings. The van der Waals surface area contributed by atoms with Crippen molar-refractivity contribution < 1.29 is 9.53 Å². The smallest absolute Gasteiger partial charge is 0.222 e. The molecule has 4 heteroatoms. The Morgan fingerprint density at radius 3 is 2.70 bits per heavy atom. The van der Waals surface area contributed by atoms with Gasteiger partial charge in [-0.05, 0) is 49.8 Å². The summed E-state index contributed by atoms with van der Waals surface area (Å²) in [6.07, 6.45) is 7.22. The van der Waals surface area contributed by atoms with Gasteiger partial charge in [-0.15, -0.1) is 0 Å². The monoisotopic (exact) mass is 276 g/mol. The minimum Gasteiger partial charge on any atom is -0.381 e. The van der Waals surface area contributed by atoms with Crippen molar-refractivity contribution in [1.82, 2.24) is 9.88 Å². The second kappa shape index (κ2) is 8.00. The van der Waals surface area contributed by atoms with Crippen LogP contribution >= 0.6 is 0 Å². The summed E-state index contributed by atoms with van der Waals surface area (Å²) >= 11 is 0. The number of nitrogens with zero attached hydrogens (tertiary/aromatic N) is 2. The van der Waals surface area contributed by atoms with Crippen molar-refractivity contribution in [2.75, 3.05) is 26.3 Å². The Labute approximate surface area is 121 Å². The Hall–Kier alpha value is -1.42. The number of amides is 1. The van der Waals surface area contributed by atoms with Gasteiger partial charge in [-0.25, -0.2) is 0 Å². The second-order valence-corrected chi connectivity index (χ2v) is 5.34. The molecule has 1 amide bonds. The molecular formula is C16H24N2O2. The molecule has 0 saturated carbocycles. The van der Waals surface area contributed by atoms with E-state index in [4.69, 9.17) is 4.74 Å². The molecule has 0 bridgehead atoms. The summed E-state index contributed by atoms with van der Waals surface area (Å²) in [7, 11) is 0. The van der Waals surface area contributed by atoms with E-state index in [1.54, 1.807) is 12.4 Å². The van der Waals surface area contributed by atoms with Crippen molar-refractivity contribution in [3.05, 3.63) is 30.1 Å². The lowest BCUT2D eigenvalue weighted by Crippen LogP contribution is -2.34. The van der Waals surface area contributed by atoms with Gasteiger partial charge in [-0.1, -0.05) is 0 Å². The van der Waals surface area contributed by atoms with Crippen molar-refractivity contribution in [2.24, 2.45) is 5.92 Å². The minimum absolute atomic E-state index is 0.286. The van der Waals surface area contributed by atoms with E-state index in [9.17, 15) is 4.79 Å². The van der Waals surface area contributed by atoms with Crippen LogP contribution in [0.4, 0.5) is 0 Å². The lowest BCUT2D eigenvalue weighted by molar-refractivity contribution is -0.132. The summed E-state index contributed by atoms with van der Waals surface area (Å²) in [4.78, 5) is 18.3. The van der Waals surface area contributed by atoms with Gasteiger partial charge in [0, 0.05) is 45.1 Å². The molecule has 0 aromatic carbocycles. The maximum Gasteiger partial charge on any atom is 0.222 e. The first-order valence-corrected chi connectivity index (χ1v) is 7.54. The maximum absolute atomic E-state index is 12.3. The van der Waals surface area contributed by atoms with Gasteiger partial charge in [0.15, 0.2) is 0 Å². The average Bonchev–Trinajstić information content (AvgIpc) is 2.50. The van der Waals surface area contributed by atoms with Gasteiger partial charge in [0.2, 0.25) is 5.91 Å². The standard InChI is InChI=1S/C16H24N2O2/c1-2-18(10-5-14-3-8-17-9-4-14)16(19)13-15-6-11-20-12-7-15/h3-4,8-9,15H,2,5-7,10-13H2,1H3. The van der Waals surface area contributed by atoms with Crippen LogP contribution in [0.25, 0.3) is 0 Å². The van der Waals surface area contributed by atoms with Crippen LogP contribution < -0.4 is 0 Å². The number of aromatic nitrogens is 1. The van der Waals surface area contributed by atoms with E-state index in [-0.39, 0.29) is 5.91 Å². The first-order chi connectivity index (χ1) is 9.79. The van der Waals surface area contributed by atoms with Crippen molar-refractivity contribution >= 4 is 5.91 Å². The quantitative estimate of drug-likeness (QED) is 0.800. The summed E-state index contributed by atoms with van der Waals surface area (Å²) in [6, 6.07) is 4.02. The fourth-order valence-corrected chi connectivity index (χ4v) is 2.60. The van der Waals surface area contributed by atoms with Gasteiger partial charge < -0.3 is 9.64 Å². The number of rotatable bonds is 6. The van der Waals surface area contributed by atoms with Crippen LogP contribution in [0.5, 0.6) is 0 Å². The van der Waals surface area contributed by atoms with E-state index in [2.05, 4.69) is 11.9 Å². The lowest BCUT2D eigenvalue weighted by Gasteiger charge is -2.26. The van der Waals surface area contributed by atoms with Gasteiger partial charge in [0.1, 0.15) is 0 Å². The van der Waals surface area contributed by atoms with Gasteiger partial charge in [-0.2, -0.15) is 0 Å². The Kier molecular flexibility index (Phi) is 5.99. The number of carbonyl (C=O) groups is 1. The second-order valence-electron chi connectivity index (χ2n) is 5.34. The summed E-state index contributed by atoms with van der Waals surface area (Å²) in [5.74, 6) is 0.791. The number of likely N-dealkylation sites (N-methyl/N-ethyl adjacent to an activating group) is 1. The molecule has 2 rings (SSSR count). The molecule has 20 heavy (non-hydrogen) atoms. The summed E-state index contributed by atoms with van der Waals surface area (Å²) in [5, 5.41) is 0. The van der Waals surface area contributed by atoms with E-state index in [0.717, 1.165) is 45.6 Å². The highest BCUT2D eigenvalue weighted by molar-refractivity contribution is 5.76. The third-order valence-corrected chi connectivity index (χ3v) is 3.96. The maximum atomic E-state index is 12.3. The molecule has 1 aromatic heterocycles. The van der Waals surface area contributed by atoms with Crippen LogP contribution in [0.3, 0.4) is 0 Å². The zero-order chi connectivity index (χ0) is 14.2. The summed E-state index contributed by atoms with van der Waals surface area (Å²) in [6.45, 7) is 5.24. The van der Waals surface area contributed by atoms with Gasteiger partial charge in [-0.3, -0.25) is 9.78 Å². The van der Waals surface area contributed by atoms with Crippen LogP contribution in [-0.4, -0.2) is 42.1 Å². The van der Waals surface area contributed by atoms with E-state index in [1.807, 2.05) is 17.0 Å². The van der Waals surface area contributed by atoms with E-state index < -0.39 is 0 Å². The molecule has 110 valence electrons. The highest BCUT2D eigenvalue weighted by atomic mass is 16.5. The van der Waals surface area contributed by atoms with Gasteiger partial charge in [0.25, 0.3) is 0 Å². The predicted molar refractivity (Wildman–Crippen MR) is 78.4 cm³/mol. The zero-order valence-corrected chi connectivity index (χ0v) is 12.3. The summed E-state index contributed by atoms with van der Waals surface area (Å²) in [5.41, 5.74) is 1.23. The fraction of sp³-hybridized carbons (Fsp3) is 0.625. The molecule has 0 N–H and O–H groups in total. The molecule has 1 aliphatic rings. The number of pyridine rings is 1. The van der Waals surface area contributed by atoms with Crippen LogP contribution in [0.1, 0.15) is 31.7 Å². The molecule has 2 heterocycles. The third kappa shape index (κ3) is 4.60. The molecule has 0 radical (unpaired) electrons. The zero-order valence-electron chi connectivity index (χ0n) is 12.3. The number of carbonyl (C=O) groups excluding carboxylic acids is 1. The highest BCUT2D eigenvalue weighted by Crippen LogP contribution is 2.19. The van der Waals surface area contributed by atoms with Gasteiger partial charge >= 0.3 is 0 Å². The van der Waals surface area contributed by atoms with Crippen molar-refractivity contribution in [2.45, 2.75) is 32.6 Å². The molecule has 0 atom stereocenters. The van der Waals surface area contributed by atoms with Crippen LogP contribution in [0.15, 0.2) is 24.5 Å². The predicted octanol–water partition coefficient (Wildman–Crippen LogP) is 2.29. The molecule has 1 aliphatic heterocycles. The van der Waals surface area contributed by atoms with Crippen LogP contribution in [0, 0.1) is 5.92 Å². The van der Waals surface area contributed by atoms with Crippen molar-refractivity contribution in [3.8, 4) is 0 Å². The van der Waals surface area contributed by atoms with Crippen molar-refractivity contribution in [1.29, 1.82) is 0 Å². The Balaban J connectivity index is 1.79. The Bertz CT molecular complexity index is 402. The number of hydrogen-bond acceptors (Lipinski definition) is 3. The van der Waals surface area contributed by atoms with E-state index in [1.165, 1.54) is 5.56 Å². The Morgan fingerprint density at radius 1 is 1.35 bits per heavy atom. The van der Waals surface area contributed by atoms with Gasteiger partial charge in [0.05, 0.1) is 0 Å². The largest absolute Gasteiger partial charge is 0.381 e. The first-order valence-electron chi connectivity index (χ1n) is 7.54. The minimum atomic E-state index is 0.286. The molecule has 0 aliphatic carbocycles. The summed E-state index contributed by atoms with van der Waals surface area (Å²) < 4.78 is 5.34. The van der Waals surface area contributed by atoms with Crippen LogP contribution in [0.2, 0.25) is 0 Å². The average molecular weight is 276 g/mol. The molecule has 0 spiro atoms. The van der Waals surface area contributed by atoms with Crippen molar-refractivity contribution in [3.63, 3.8) is 0 Å². The molecule has 1 saturated heterocycles. The number of hydrogen-bond donors (Lipinski definition) is 0. The molecule has 4 nitrogen and oxygen atoms in total. The van der Waals surface area contributed by atoms with E-state index in [0.29, 0.717) is 12.3 Å². The third-order valence-electron chi connectivity index (χ3n) is 3.96. The fourth-order valence-electron chi connectivity index (χ4n) is 2.60. The van der Waals surface area contributed by atoms with E-state index >= 15 is 0 Å². The molecule has 1 aromatic rings. The molecular weight excluding hydrogens is 252 g/mol. The normalized spacial score (nSPS) is 16.1. The lowest BCUT2D eigenvalue weighted by atomic mass is 9.96. The Morgan fingerprint density at radius 2 is 2.05 bits per heavy atom. The number of ether oxygens (including phenoxy) is 1. The molecule has 0 unspecified atom stereocenters. The topological polar surface area (TPSA) is 42.4 Å². The first kappa shape index (κ1) is 15.0. The van der Waals surface area contributed by atoms with Crippen LogP contribution in [-0.2, 0) is 16.0 Å².